The number of allylic oxidation sites excluding steroid dienone is 1. The zero-order valence-corrected chi connectivity index (χ0v) is 37.4. The number of hydrogen-bond donors (Lipinski definition) is 1. The zero-order chi connectivity index (χ0) is 43.9. The number of carbonyl (C=O) groups is 2. The largest absolute Gasteiger partial charge is 0.522 e. The van der Waals surface area contributed by atoms with E-state index in [1.807, 2.05) is 33.0 Å². The molecule has 3 fully saturated rings. The van der Waals surface area contributed by atoms with Gasteiger partial charge in [-0.05, 0) is 136 Å². The Morgan fingerprint density at radius 1 is 1.09 bits per heavy atom. The molecule has 0 spiro atoms. The second-order valence-corrected chi connectivity index (χ2v) is 18.1. The van der Waals surface area contributed by atoms with Gasteiger partial charge >= 0.3 is 12.5 Å². The molecule has 5 rings (SSSR count). The van der Waals surface area contributed by atoms with Crippen LogP contribution in [0.25, 0.3) is 0 Å². The standard InChI is InChI=1S/C30H41F3N2O5.C8H16B2S.C5H10.C2H4/c1-29-12-9-24-23-6-4-22(19-20(23)3-5-25(24)26(29)7-8-27(29)40-30(31,32)33)39-28(37)35-13-10-21(11-14-35)34(2)15-17-38-18-16-36;1-7(2,3)8(9,10)5-4-6-11;1-4-5(2)3;1-2/h4,6,16,19,21,24-27H,3,5,7-15,17-18H2,1-2H3;11H,4-6H2,1-3H3;2,4H2,1,3H3;1-2H2. The molecule has 7 nitrogen and oxygen atoms in total. The lowest BCUT2D eigenvalue weighted by Crippen LogP contribution is -2.47. The minimum atomic E-state index is -4.59. The van der Waals surface area contributed by atoms with Gasteiger partial charge in [0.15, 0.2) is 0 Å². The minimum Gasteiger partial charge on any atom is -0.410 e. The second-order valence-electron chi connectivity index (χ2n) is 17.7. The van der Waals surface area contributed by atoms with E-state index < -0.39 is 23.1 Å². The number of hydrogen-bond acceptors (Lipinski definition) is 7. The van der Waals surface area contributed by atoms with Crippen molar-refractivity contribution in [2.45, 2.75) is 142 Å². The van der Waals surface area contributed by atoms with Crippen molar-refractivity contribution in [3.63, 3.8) is 0 Å². The van der Waals surface area contributed by atoms with Crippen LogP contribution in [0, 0.1) is 22.7 Å². The lowest BCUT2D eigenvalue weighted by Gasteiger charge is -2.50. The van der Waals surface area contributed by atoms with Crippen molar-refractivity contribution < 1.29 is 37.0 Å². The molecule has 0 N–H and O–H groups in total. The Morgan fingerprint density at radius 3 is 2.28 bits per heavy atom. The molecular weight excluding hydrogens is 759 g/mol. The first-order valence-corrected chi connectivity index (χ1v) is 21.7. The van der Waals surface area contributed by atoms with Crippen molar-refractivity contribution in [2.75, 3.05) is 45.6 Å². The van der Waals surface area contributed by atoms with Crippen LogP contribution in [0.2, 0.25) is 5.21 Å². The molecule has 3 aliphatic carbocycles. The van der Waals surface area contributed by atoms with Gasteiger partial charge in [0.25, 0.3) is 0 Å². The van der Waals surface area contributed by atoms with Crippen LogP contribution in [0.15, 0.2) is 43.5 Å². The number of amides is 1. The van der Waals surface area contributed by atoms with E-state index in [-0.39, 0.29) is 24.0 Å². The van der Waals surface area contributed by atoms with Gasteiger partial charge in [0.2, 0.25) is 0 Å². The first kappa shape index (κ1) is 51.9. The molecule has 1 aromatic rings. The molecule has 4 radical (unpaired) electrons. The summed E-state index contributed by atoms with van der Waals surface area (Å²) in [5, 5.41) is -0.560. The SMILES string of the molecule is C=C.C=C(C)CC.CN(CCOCC=O)C1CCN(C(=O)Oc2ccc3c(c2)CCC2C3CCC3(C)C(OC(F)(F)F)CCC23)CC1.[B]C([B])(CCCS)C(C)(C)C. The summed E-state index contributed by atoms with van der Waals surface area (Å²) < 4.78 is 54.8. The lowest BCUT2D eigenvalue weighted by atomic mass is 9.42. The Labute approximate surface area is 356 Å². The van der Waals surface area contributed by atoms with E-state index in [9.17, 15) is 22.8 Å². The van der Waals surface area contributed by atoms with Crippen LogP contribution in [0.4, 0.5) is 18.0 Å². The third-order valence-electron chi connectivity index (χ3n) is 13.0. The number of aryl methyl sites for hydroxylation is 1. The summed E-state index contributed by atoms with van der Waals surface area (Å²) in [6.45, 7) is 24.6. The van der Waals surface area contributed by atoms with Crippen LogP contribution >= 0.6 is 12.6 Å². The Bertz CT molecular complexity index is 1440. The first-order valence-electron chi connectivity index (χ1n) is 21.1. The summed E-state index contributed by atoms with van der Waals surface area (Å²) in [4.78, 5) is 27.3. The first-order chi connectivity index (χ1) is 27.2. The van der Waals surface area contributed by atoms with Crippen molar-refractivity contribution in [3.8, 4) is 5.75 Å². The summed E-state index contributed by atoms with van der Waals surface area (Å²) in [6.07, 6.45) is 4.30. The Balaban J connectivity index is 0.000000541. The third kappa shape index (κ3) is 15.1. The number of benzene rings is 1. The maximum Gasteiger partial charge on any atom is 0.522 e. The molecule has 1 aromatic carbocycles. The Hall–Kier alpha value is -2.21. The predicted octanol–water partition coefficient (Wildman–Crippen LogP) is 10.5. The van der Waals surface area contributed by atoms with Crippen molar-refractivity contribution in [2.24, 2.45) is 22.7 Å². The van der Waals surface area contributed by atoms with Crippen molar-refractivity contribution >= 4 is 40.7 Å². The van der Waals surface area contributed by atoms with Gasteiger partial charge in [-0.25, -0.2) is 4.79 Å². The summed E-state index contributed by atoms with van der Waals surface area (Å²) in [5.74, 6) is 2.32. The molecule has 13 heteroatoms. The number of likely N-dealkylation sites (N-methyl/N-ethyl adjacent to an activating group) is 1. The smallest absolute Gasteiger partial charge is 0.410 e. The van der Waals surface area contributed by atoms with E-state index in [4.69, 9.17) is 25.2 Å². The van der Waals surface area contributed by atoms with E-state index in [1.165, 1.54) is 16.7 Å². The average Bonchev–Trinajstić information content (AvgIpc) is 3.50. The number of fused-ring (bicyclic) bond motifs is 5. The number of likely N-dealkylation sites (tertiary alicyclic amines) is 1. The number of nitrogens with zero attached hydrogens (tertiary/aromatic N) is 2. The van der Waals surface area contributed by atoms with E-state index in [0.717, 1.165) is 82.8 Å². The van der Waals surface area contributed by atoms with Crippen molar-refractivity contribution in [1.29, 1.82) is 0 Å². The highest BCUT2D eigenvalue weighted by Crippen LogP contribution is 2.62. The molecule has 1 heterocycles. The molecular formula is C45H71B2F3N2O5S. The molecule has 2 saturated carbocycles. The number of alkyl halides is 3. The van der Waals surface area contributed by atoms with E-state index in [0.29, 0.717) is 49.7 Å². The number of piperidine rings is 1. The Kier molecular flexibility index (Phi) is 21.2. The van der Waals surface area contributed by atoms with E-state index in [2.05, 4.69) is 75.8 Å². The molecule has 0 bridgehead atoms. The second kappa shape index (κ2) is 23.7. The maximum absolute atomic E-state index is 13.0. The molecule has 58 heavy (non-hydrogen) atoms. The third-order valence-corrected chi connectivity index (χ3v) is 13.3. The van der Waals surface area contributed by atoms with Gasteiger partial charge in [-0.2, -0.15) is 12.6 Å². The van der Waals surface area contributed by atoms with Crippen molar-refractivity contribution in [1.82, 2.24) is 9.80 Å². The number of ether oxygens (including phenoxy) is 3. The fraction of sp³-hybridized carbons (Fsp3) is 0.733. The fourth-order valence-corrected chi connectivity index (χ4v) is 9.01. The highest BCUT2D eigenvalue weighted by molar-refractivity contribution is 7.80. The molecule has 1 aliphatic heterocycles. The van der Waals surface area contributed by atoms with Crippen LogP contribution < -0.4 is 4.74 Å². The van der Waals surface area contributed by atoms with Crippen molar-refractivity contribution in [3.05, 3.63) is 54.6 Å². The average molecular weight is 831 g/mol. The topological polar surface area (TPSA) is 68.3 Å². The van der Waals surface area contributed by atoms with Gasteiger partial charge < -0.3 is 24.1 Å². The molecule has 0 aromatic heterocycles. The maximum atomic E-state index is 13.0. The quantitative estimate of drug-likeness (QED) is 0.0744. The monoisotopic (exact) mass is 831 g/mol. The zero-order valence-electron chi connectivity index (χ0n) is 36.5. The molecule has 324 valence electrons. The summed E-state index contributed by atoms with van der Waals surface area (Å²) >= 11 is 4.12. The molecule has 1 amide bonds. The number of halogens is 3. The fourth-order valence-electron chi connectivity index (χ4n) is 8.85. The van der Waals surface area contributed by atoms with E-state index in [1.54, 1.807) is 4.90 Å². The van der Waals surface area contributed by atoms with Crippen LogP contribution in [0.5, 0.6) is 5.75 Å². The Morgan fingerprint density at radius 2 is 1.72 bits per heavy atom. The van der Waals surface area contributed by atoms with Gasteiger partial charge in [0.05, 0.1) is 28.4 Å². The summed E-state index contributed by atoms with van der Waals surface area (Å²) in [6, 6.07) is 6.29. The molecule has 4 aliphatic rings. The molecule has 5 atom stereocenters. The van der Waals surface area contributed by atoms with Gasteiger partial charge in [-0.15, -0.1) is 32.9 Å². The number of aldehydes is 1. The van der Waals surface area contributed by atoms with Crippen LogP contribution in [0.3, 0.4) is 0 Å². The molecule has 1 saturated heterocycles. The van der Waals surface area contributed by atoms with Gasteiger partial charge in [-0.3, -0.25) is 4.74 Å². The van der Waals surface area contributed by atoms with Gasteiger partial charge in [0, 0.05) is 25.7 Å². The van der Waals surface area contributed by atoms with E-state index >= 15 is 0 Å². The number of carbonyl (C=O) groups excluding carboxylic acids is 2. The minimum absolute atomic E-state index is 0.0318. The van der Waals surface area contributed by atoms with Gasteiger partial charge in [-0.1, -0.05) is 57.9 Å². The lowest BCUT2D eigenvalue weighted by molar-refractivity contribution is -0.354. The highest BCUT2D eigenvalue weighted by Gasteiger charge is 2.57. The highest BCUT2D eigenvalue weighted by atomic mass is 32.1. The predicted molar refractivity (Wildman–Crippen MR) is 235 cm³/mol. The van der Waals surface area contributed by atoms with Crippen LogP contribution in [-0.4, -0.2) is 102 Å². The summed E-state index contributed by atoms with van der Waals surface area (Å²) in [7, 11) is 13.9. The van der Waals surface area contributed by atoms with Crippen LogP contribution in [-0.2, 0) is 20.7 Å². The normalized spacial score (nSPS) is 24.3. The molecule has 5 unspecified atom stereocenters. The number of rotatable bonds is 12. The number of thiol groups is 1. The van der Waals surface area contributed by atoms with Gasteiger partial charge in [0.1, 0.15) is 18.6 Å². The summed E-state index contributed by atoms with van der Waals surface area (Å²) in [5.41, 5.74) is 3.24. The van der Waals surface area contributed by atoms with Crippen LogP contribution in [0.1, 0.15) is 123 Å².